The highest BCUT2D eigenvalue weighted by atomic mass is 79.9. The first-order chi connectivity index (χ1) is 18.4. The number of halogens is 2. The van der Waals surface area contributed by atoms with E-state index in [1.54, 1.807) is 4.68 Å². The molecule has 0 radical (unpaired) electrons. The number of amides is 1. The molecule has 4 aromatic rings. The Balaban J connectivity index is 1.56. The van der Waals surface area contributed by atoms with E-state index in [-0.39, 0.29) is 5.91 Å². The number of aromatic nitrogens is 3. The molecular weight excluding hydrogens is 586 g/mol. The maximum Gasteiger partial charge on any atom is 0.255 e. The highest BCUT2D eigenvalue weighted by molar-refractivity contribution is 9.10. The largest absolute Gasteiger partial charge is 0.494 e. The molecule has 0 spiro atoms. The first kappa shape index (κ1) is 26.3. The fourth-order valence-electron chi connectivity index (χ4n) is 4.27. The van der Waals surface area contributed by atoms with Crippen LogP contribution in [0, 0.1) is 0 Å². The number of thioether (sulfide) groups is 1. The molecule has 0 aliphatic carbocycles. The number of ether oxygens (including phenoxy) is 1. The van der Waals surface area contributed by atoms with Gasteiger partial charge in [-0.25, -0.2) is 4.68 Å². The molecular formula is C28H25BrClN5O2S. The maximum atomic E-state index is 13.7. The minimum atomic E-state index is -0.573. The predicted molar refractivity (Wildman–Crippen MR) is 156 cm³/mol. The standard InChI is InChI=1S/C28H25BrClN5O2S/c1-3-37-23-14-13-19(29)15-21(23)25-24(26(36)32-20-10-5-4-6-11-20)17(2)31-27-33-28(34-35(25)27)38-16-18-9-7-8-12-22(18)30/h4-15,25H,3,16H2,1-2H3,(H,32,36)(H,31,33,34). The van der Waals surface area contributed by atoms with Crippen molar-refractivity contribution in [1.82, 2.24) is 14.8 Å². The summed E-state index contributed by atoms with van der Waals surface area (Å²) in [5.41, 5.74) is 3.71. The van der Waals surface area contributed by atoms with Crippen LogP contribution >= 0.6 is 39.3 Å². The molecule has 1 amide bonds. The van der Waals surface area contributed by atoms with Crippen LogP contribution in [-0.4, -0.2) is 27.3 Å². The van der Waals surface area contributed by atoms with Gasteiger partial charge in [-0.3, -0.25) is 4.79 Å². The van der Waals surface area contributed by atoms with Crippen molar-refractivity contribution >= 4 is 56.8 Å². The van der Waals surface area contributed by atoms with Gasteiger partial charge in [0.15, 0.2) is 0 Å². The minimum Gasteiger partial charge on any atom is -0.494 e. The number of fused-ring (bicyclic) bond motifs is 1. The van der Waals surface area contributed by atoms with E-state index in [2.05, 4.69) is 26.6 Å². The zero-order valence-electron chi connectivity index (χ0n) is 20.7. The van der Waals surface area contributed by atoms with Crippen LogP contribution in [0.1, 0.15) is 31.0 Å². The summed E-state index contributed by atoms with van der Waals surface area (Å²) in [7, 11) is 0. The summed E-state index contributed by atoms with van der Waals surface area (Å²) in [4.78, 5) is 18.5. The van der Waals surface area contributed by atoms with Crippen molar-refractivity contribution in [2.24, 2.45) is 0 Å². The van der Waals surface area contributed by atoms with Crippen LogP contribution in [0.5, 0.6) is 5.75 Å². The average Bonchev–Trinajstić information content (AvgIpc) is 3.31. The molecule has 0 bridgehead atoms. The Labute approximate surface area is 238 Å². The van der Waals surface area contributed by atoms with Gasteiger partial charge in [0, 0.05) is 32.2 Å². The van der Waals surface area contributed by atoms with E-state index in [1.165, 1.54) is 11.8 Å². The first-order valence-electron chi connectivity index (χ1n) is 12.0. The third kappa shape index (κ3) is 5.60. The molecule has 194 valence electrons. The van der Waals surface area contributed by atoms with Crippen LogP contribution in [0.2, 0.25) is 5.02 Å². The van der Waals surface area contributed by atoms with Crippen LogP contribution in [0.15, 0.2) is 93.7 Å². The molecule has 3 aromatic carbocycles. The van der Waals surface area contributed by atoms with Crippen LogP contribution in [0.25, 0.3) is 0 Å². The van der Waals surface area contributed by atoms with E-state index < -0.39 is 6.04 Å². The van der Waals surface area contributed by atoms with Gasteiger partial charge in [0.1, 0.15) is 11.8 Å². The summed E-state index contributed by atoms with van der Waals surface area (Å²) in [5.74, 6) is 1.60. The first-order valence-corrected chi connectivity index (χ1v) is 14.2. The molecule has 10 heteroatoms. The van der Waals surface area contributed by atoms with Gasteiger partial charge in [-0.05, 0) is 55.8 Å². The number of allylic oxidation sites excluding steroid dienone is 1. The Morgan fingerprint density at radius 3 is 2.68 bits per heavy atom. The van der Waals surface area contributed by atoms with Crippen molar-refractivity contribution in [3.8, 4) is 5.75 Å². The highest BCUT2D eigenvalue weighted by Gasteiger charge is 2.36. The van der Waals surface area contributed by atoms with Gasteiger partial charge < -0.3 is 15.4 Å². The second-order valence-corrected chi connectivity index (χ2v) is 10.8. The quantitative estimate of drug-likeness (QED) is 0.204. The minimum absolute atomic E-state index is 0.236. The van der Waals surface area contributed by atoms with Gasteiger partial charge >= 0.3 is 0 Å². The number of rotatable bonds is 8. The molecule has 1 aromatic heterocycles. The van der Waals surface area contributed by atoms with Crippen LogP contribution in [-0.2, 0) is 10.5 Å². The molecule has 1 unspecified atom stereocenters. The number of nitrogens with one attached hydrogen (secondary N) is 2. The highest BCUT2D eigenvalue weighted by Crippen LogP contribution is 2.41. The van der Waals surface area contributed by atoms with Gasteiger partial charge in [-0.2, -0.15) is 4.98 Å². The molecule has 7 nitrogen and oxygen atoms in total. The number of benzene rings is 3. The van der Waals surface area contributed by atoms with E-state index in [1.807, 2.05) is 86.6 Å². The van der Waals surface area contributed by atoms with Crippen molar-refractivity contribution in [1.29, 1.82) is 0 Å². The molecule has 0 fully saturated rings. The van der Waals surface area contributed by atoms with Crippen molar-refractivity contribution in [3.63, 3.8) is 0 Å². The lowest BCUT2D eigenvalue weighted by atomic mass is 9.94. The summed E-state index contributed by atoms with van der Waals surface area (Å²) in [5, 5.41) is 12.4. The third-order valence-electron chi connectivity index (χ3n) is 5.99. The van der Waals surface area contributed by atoms with Crippen LogP contribution in [0.4, 0.5) is 11.6 Å². The number of carbonyl (C=O) groups is 1. The summed E-state index contributed by atoms with van der Waals surface area (Å²) in [6.07, 6.45) is 0. The average molecular weight is 611 g/mol. The zero-order chi connectivity index (χ0) is 26.6. The summed E-state index contributed by atoms with van der Waals surface area (Å²) in [6.45, 7) is 4.29. The SMILES string of the molecule is CCOc1ccc(Br)cc1C1C(C(=O)Nc2ccccc2)=C(C)Nc2nc(SCc3ccccc3Cl)nn21. The Bertz CT molecular complexity index is 1510. The number of nitrogens with zero attached hydrogens (tertiary/aromatic N) is 3. The number of carbonyl (C=O) groups excluding carboxylic acids is 1. The number of para-hydroxylation sites is 1. The molecule has 2 heterocycles. The summed E-state index contributed by atoms with van der Waals surface area (Å²) < 4.78 is 8.61. The number of hydrogen-bond acceptors (Lipinski definition) is 6. The number of hydrogen-bond donors (Lipinski definition) is 2. The van der Waals surface area contributed by atoms with Crippen LogP contribution in [0.3, 0.4) is 0 Å². The topological polar surface area (TPSA) is 81.1 Å². The van der Waals surface area contributed by atoms with Gasteiger partial charge in [0.2, 0.25) is 11.1 Å². The van der Waals surface area contributed by atoms with E-state index in [0.717, 1.165) is 15.6 Å². The molecule has 1 aliphatic heterocycles. The molecule has 1 atom stereocenters. The molecule has 0 saturated carbocycles. The fourth-order valence-corrected chi connectivity index (χ4v) is 5.77. The van der Waals surface area contributed by atoms with Gasteiger partial charge in [-0.1, -0.05) is 75.7 Å². The molecule has 0 saturated heterocycles. The lowest BCUT2D eigenvalue weighted by Crippen LogP contribution is -2.31. The smallest absolute Gasteiger partial charge is 0.255 e. The van der Waals surface area contributed by atoms with E-state index in [0.29, 0.717) is 51.2 Å². The second-order valence-electron chi connectivity index (χ2n) is 8.54. The monoisotopic (exact) mass is 609 g/mol. The molecule has 38 heavy (non-hydrogen) atoms. The fraction of sp³-hybridized carbons (Fsp3) is 0.179. The lowest BCUT2D eigenvalue weighted by molar-refractivity contribution is -0.113. The number of anilines is 2. The maximum absolute atomic E-state index is 13.7. The zero-order valence-corrected chi connectivity index (χ0v) is 23.9. The molecule has 2 N–H and O–H groups in total. The normalized spacial score (nSPS) is 14.6. The Morgan fingerprint density at radius 2 is 1.92 bits per heavy atom. The Morgan fingerprint density at radius 1 is 1.16 bits per heavy atom. The van der Waals surface area contributed by atoms with Gasteiger partial charge in [0.25, 0.3) is 5.91 Å². The van der Waals surface area contributed by atoms with Crippen molar-refractivity contribution in [3.05, 3.63) is 105 Å². The van der Waals surface area contributed by atoms with Gasteiger partial charge in [0.05, 0.1) is 12.2 Å². The summed E-state index contributed by atoms with van der Waals surface area (Å²) in [6, 6.07) is 22.3. The third-order valence-corrected chi connectivity index (χ3v) is 7.74. The lowest BCUT2D eigenvalue weighted by Gasteiger charge is -2.29. The van der Waals surface area contributed by atoms with Crippen LogP contribution < -0.4 is 15.4 Å². The second kappa shape index (κ2) is 11.6. The summed E-state index contributed by atoms with van der Waals surface area (Å²) >= 11 is 11.4. The molecule has 1 aliphatic rings. The molecule has 5 rings (SSSR count). The van der Waals surface area contributed by atoms with Crippen molar-refractivity contribution < 1.29 is 9.53 Å². The van der Waals surface area contributed by atoms with E-state index in [4.69, 9.17) is 26.4 Å². The van der Waals surface area contributed by atoms with Crippen molar-refractivity contribution in [2.45, 2.75) is 30.8 Å². The van der Waals surface area contributed by atoms with Crippen molar-refractivity contribution in [2.75, 3.05) is 17.2 Å². The predicted octanol–water partition coefficient (Wildman–Crippen LogP) is 7.31. The van der Waals surface area contributed by atoms with Gasteiger partial charge in [-0.15, -0.1) is 5.10 Å². The van der Waals surface area contributed by atoms with E-state index >= 15 is 0 Å². The Kier molecular flexibility index (Phi) is 8.06. The van der Waals surface area contributed by atoms with E-state index in [9.17, 15) is 4.79 Å². The Hall–Kier alpha value is -3.27.